The Morgan fingerprint density at radius 2 is 2.31 bits per heavy atom. The van der Waals surface area contributed by atoms with Crippen LogP contribution in [0.1, 0.15) is 20.3 Å². The normalized spacial score (nSPS) is 10.6. The zero-order valence-corrected chi connectivity index (χ0v) is 10.8. The molecule has 16 heavy (non-hydrogen) atoms. The van der Waals surface area contributed by atoms with E-state index in [1.807, 2.05) is 11.6 Å². The van der Waals surface area contributed by atoms with Crippen LogP contribution < -0.4 is 5.32 Å². The molecule has 6 heteroatoms. The van der Waals surface area contributed by atoms with Crippen LogP contribution in [0, 0.1) is 0 Å². The molecule has 0 radical (unpaired) electrons. The Morgan fingerprint density at radius 1 is 1.50 bits per heavy atom. The Kier molecular flexibility index (Phi) is 6.10. The summed E-state index contributed by atoms with van der Waals surface area (Å²) >= 11 is 1.63. The third-order valence-electron chi connectivity index (χ3n) is 1.87. The molecule has 1 rings (SSSR count). The number of thioether (sulfide) groups is 1. The third kappa shape index (κ3) is 4.76. The summed E-state index contributed by atoms with van der Waals surface area (Å²) in [7, 11) is 0. The van der Waals surface area contributed by atoms with Crippen LogP contribution in [0.2, 0.25) is 0 Å². The smallest absolute Gasteiger partial charge is 0.209 e. The molecule has 5 nitrogen and oxygen atoms in total. The summed E-state index contributed by atoms with van der Waals surface area (Å²) in [6, 6.07) is 0. The van der Waals surface area contributed by atoms with Crippen molar-refractivity contribution in [1.82, 2.24) is 25.5 Å². The molecule has 0 saturated heterocycles. The van der Waals surface area contributed by atoms with Gasteiger partial charge in [0.15, 0.2) is 0 Å². The van der Waals surface area contributed by atoms with Gasteiger partial charge in [0.25, 0.3) is 0 Å². The first kappa shape index (κ1) is 13.2. The fraction of sp³-hybridized carbons (Fsp3) is 0.700. The molecule has 1 heterocycles. The van der Waals surface area contributed by atoms with Gasteiger partial charge in [0.05, 0.1) is 6.54 Å². The molecule has 0 spiro atoms. The maximum atomic E-state index is 3.98. The fourth-order valence-electron chi connectivity index (χ4n) is 1.11. The van der Waals surface area contributed by atoms with Crippen LogP contribution >= 0.6 is 11.8 Å². The maximum Gasteiger partial charge on any atom is 0.209 e. The quantitative estimate of drug-likeness (QED) is 0.423. The molecule has 0 aliphatic heterocycles. The van der Waals surface area contributed by atoms with E-state index in [1.54, 1.807) is 11.8 Å². The van der Waals surface area contributed by atoms with Gasteiger partial charge in [0.1, 0.15) is 0 Å². The minimum Gasteiger partial charge on any atom is -0.315 e. The van der Waals surface area contributed by atoms with Gasteiger partial charge < -0.3 is 5.32 Å². The van der Waals surface area contributed by atoms with Gasteiger partial charge in [-0.2, -0.15) is 0 Å². The lowest BCUT2D eigenvalue weighted by Crippen LogP contribution is -2.21. The molecule has 0 aliphatic rings. The van der Waals surface area contributed by atoms with E-state index in [0.29, 0.717) is 0 Å². The molecule has 0 bridgehead atoms. The minimum absolute atomic E-state index is 0.811. The summed E-state index contributed by atoms with van der Waals surface area (Å²) in [5.41, 5.74) is 1.13. The van der Waals surface area contributed by atoms with Crippen molar-refractivity contribution in [2.75, 3.05) is 18.8 Å². The van der Waals surface area contributed by atoms with Crippen molar-refractivity contribution in [2.24, 2.45) is 0 Å². The minimum atomic E-state index is 0.811. The Balaban J connectivity index is 2.35. The second-order valence-corrected chi connectivity index (χ2v) is 4.62. The summed E-state index contributed by atoms with van der Waals surface area (Å²) in [5, 5.41) is 15.8. The topological polar surface area (TPSA) is 55.6 Å². The van der Waals surface area contributed by atoms with E-state index in [4.69, 9.17) is 0 Å². The lowest BCUT2D eigenvalue weighted by Gasteiger charge is -2.05. The number of rotatable bonds is 8. The zero-order valence-electron chi connectivity index (χ0n) is 9.94. The summed E-state index contributed by atoms with van der Waals surface area (Å²) < 4.78 is 1.83. The van der Waals surface area contributed by atoms with E-state index < -0.39 is 0 Å². The molecular weight excluding hydrogens is 222 g/mol. The van der Waals surface area contributed by atoms with E-state index in [-0.39, 0.29) is 0 Å². The van der Waals surface area contributed by atoms with E-state index >= 15 is 0 Å². The molecule has 1 N–H and O–H groups in total. The SMILES string of the molecule is C=C(C)CSc1nnnn1CCNCCC. The Hall–Kier alpha value is -0.880. The highest BCUT2D eigenvalue weighted by molar-refractivity contribution is 7.99. The molecule has 1 aromatic rings. The highest BCUT2D eigenvalue weighted by atomic mass is 32.2. The second kappa shape index (κ2) is 7.40. The van der Waals surface area contributed by atoms with Crippen molar-refractivity contribution >= 4 is 11.8 Å². The molecule has 0 unspecified atom stereocenters. The van der Waals surface area contributed by atoms with Crippen LogP contribution in [0.25, 0.3) is 0 Å². The number of hydrogen-bond donors (Lipinski definition) is 1. The van der Waals surface area contributed by atoms with Gasteiger partial charge in [-0.25, -0.2) is 4.68 Å². The van der Waals surface area contributed by atoms with E-state index in [2.05, 4.69) is 34.3 Å². The highest BCUT2D eigenvalue weighted by Gasteiger charge is 2.05. The van der Waals surface area contributed by atoms with Gasteiger partial charge in [0.2, 0.25) is 5.16 Å². The van der Waals surface area contributed by atoms with Gasteiger partial charge >= 0.3 is 0 Å². The maximum absolute atomic E-state index is 3.98. The molecular formula is C10H19N5S. The standard InChI is InChI=1S/C10H19N5S/c1-4-5-11-6-7-15-10(12-13-14-15)16-8-9(2)3/h11H,2,4-8H2,1,3H3. The van der Waals surface area contributed by atoms with E-state index in [9.17, 15) is 0 Å². The van der Waals surface area contributed by atoms with Gasteiger partial charge in [-0.05, 0) is 30.3 Å². The molecule has 0 saturated carbocycles. The van der Waals surface area contributed by atoms with Gasteiger partial charge in [-0.15, -0.1) is 5.10 Å². The summed E-state index contributed by atoms with van der Waals surface area (Å²) in [4.78, 5) is 0. The zero-order chi connectivity index (χ0) is 11.8. The van der Waals surface area contributed by atoms with Gasteiger partial charge in [-0.3, -0.25) is 0 Å². The van der Waals surface area contributed by atoms with E-state index in [0.717, 1.165) is 42.5 Å². The second-order valence-electron chi connectivity index (χ2n) is 3.68. The van der Waals surface area contributed by atoms with Gasteiger partial charge in [0, 0.05) is 12.3 Å². The van der Waals surface area contributed by atoms with Crippen LogP contribution in [-0.4, -0.2) is 39.0 Å². The van der Waals surface area contributed by atoms with E-state index in [1.165, 1.54) is 0 Å². The van der Waals surface area contributed by atoms with Crippen molar-refractivity contribution in [1.29, 1.82) is 0 Å². The molecule has 1 aromatic heterocycles. The Bertz CT molecular complexity index is 323. The van der Waals surface area contributed by atoms with Crippen molar-refractivity contribution in [3.05, 3.63) is 12.2 Å². The predicted molar refractivity (Wildman–Crippen MR) is 66.5 cm³/mol. The summed E-state index contributed by atoms with van der Waals surface area (Å²) in [5.74, 6) is 0.864. The monoisotopic (exact) mass is 241 g/mol. The average molecular weight is 241 g/mol. The number of nitrogens with one attached hydrogen (secondary N) is 1. The third-order valence-corrected chi connectivity index (χ3v) is 3.06. The number of nitrogens with zero attached hydrogens (tertiary/aromatic N) is 4. The molecule has 0 amide bonds. The molecule has 0 aliphatic carbocycles. The first-order chi connectivity index (χ1) is 7.74. The molecule has 0 atom stereocenters. The molecule has 0 aromatic carbocycles. The number of tetrazole rings is 1. The van der Waals surface area contributed by atoms with Crippen LogP contribution in [0.4, 0.5) is 0 Å². The largest absolute Gasteiger partial charge is 0.315 e. The highest BCUT2D eigenvalue weighted by Crippen LogP contribution is 2.15. The van der Waals surface area contributed by atoms with Crippen molar-refractivity contribution in [2.45, 2.75) is 32.0 Å². The first-order valence-electron chi connectivity index (χ1n) is 5.48. The Morgan fingerprint density at radius 3 is 3.00 bits per heavy atom. The first-order valence-corrected chi connectivity index (χ1v) is 6.46. The summed E-state index contributed by atoms with van der Waals surface area (Å²) in [6.45, 7) is 10.8. The van der Waals surface area contributed by atoms with Crippen LogP contribution in [0.3, 0.4) is 0 Å². The number of hydrogen-bond acceptors (Lipinski definition) is 5. The van der Waals surface area contributed by atoms with Gasteiger partial charge in [-0.1, -0.05) is 30.8 Å². The predicted octanol–water partition coefficient (Wildman–Crippen LogP) is 1.34. The average Bonchev–Trinajstić information content (AvgIpc) is 2.69. The molecule has 90 valence electrons. The van der Waals surface area contributed by atoms with Crippen LogP contribution in [0.5, 0.6) is 0 Å². The van der Waals surface area contributed by atoms with Crippen LogP contribution in [0.15, 0.2) is 17.3 Å². The van der Waals surface area contributed by atoms with Crippen molar-refractivity contribution in [3.8, 4) is 0 Å². The molecule has 0 fully saturated rings. The van der Waals surface area contributed by atoms with Crippen molar-refractivity contribution < 1.29 is 0 Å². The summed E-state index contributed by atoms with van der Waals surface area (Å²) in [6.07, 6.45) is 1.15. The van der Waals surface area contributed by atoms with Crippen LogP contribution in [-0.2, 0) is 6.54 Å². The number of aromatic nitrogens is 4. The Labute approximate surface area is 101 Å². The lowest BCUT2D eigenvalue weighted by atomic mass is 10.4. The van der Waals surface area contributed by atoms with Crippen molar-refractivity contribution in [3.63, 3.8) is 0 Å². The lowest BCUT2D eigenvalue weighted by molar-refractivity contribution is 0.511. The fourth-order valence-corrected chi connectivity index (χ4v) is 1.86.